The summed E-state index contributed by atoms with van der Waals surface area (Å²) in [6.45, 7) is 0.725. The first-order valence-electron chi connectivity index (χ1n) is 7.35. The molecule has 0 amide bonds. The molecular weight excluding hydrogens is 290 g/mol. The highest BCUT2D eigenvalue weighted by atomic mass is 16.5. The van der Waals surface area contributed by atoms with Crippen LogP contribution in [0.4, 0.5) is 0 Å². The van der Waals surface area contributed by atoms with Gasteiger partial charge in [-0.3, -0.25) is 0 Å². The van der Waals surface area contributed by atoms with Gasteiger partial charge in [-0.05, 0) is 53.1 Å². The van der Waals surface area contributed by atoms with Crippen LogP contribution in [-0.2, 0) is 6.42 Å². The van der Waals surface area contributed by atoms with E-state index in [1.54, 1.807) is 20.3 Å². The Hall–Kier alpha value is -2.93. The van der Waals surface area contributed by atoms with Gasteiger partial charge in [0.1, 0.15) is 5.75 Å². The highest BCUT2D eigenvalue weighted by Gasteiger charge is 2.12. The Morgan fingerprint density at radius 2 is 1.96 bits per heavy atom. The summed E-state index contributed by atoms with van der Waals surface area (Å²) in [5.41, 5.74) is 3.54. The minimum atomic E-state index is 0.574. The van der Waals surface area contributed by atoms with Crippen molar-refractivity contribution in [3.63, 3.8) is 0 Å². The molecule has 4 heteroatoms. The number of nitriles is 1. The number of methoxy groups -OCH3 is 2. The standard InChI is InChI=1S/C19H17NO3/c1-21-18-6-4-14(11-19(18)22-2)16(12-20)10-13-3-5-17-15(9-13)7-8-23-17/h3-6,9-11H,7-8H2,1-2H3. The van der Waals surface area contributed by atoms with Crippen LogP contribution in [0.3, 0.4) is 0 Å². The highest BCUT2D eigenvalue weighted by Crippen LogP contribution is 2.32. The van der Waals surface area contributed by atoms with Crippen LogP contribution in [-0.4, -0.2) is 20.8 Å². The number of hydrogen-bond acceptors (Lipinski definition) is 4. The SMILES string of the molecule is COc1ccc(C(C#N)=Cc2ccc3c(c2)CCO3)cc1OC. The fourth-order valence-corrected chi connectivity index (χ4v) is 2.65. The van der Waals surface area contributed by atoms with E-state index in [2.05, 4.69) is 12.1 Å². The summed E-state index contributed by atoms with van der Waals surface area (Å²) in [5, 5.41) is 9.51. The van der Waals surface area contributed by atoms with Gasteiger partial charge >= 0.3 is 0 Å². The summed E-state index contributed by atoms with van der Waals surface area (Å²) in [7, 11) is 3.17. The van der Waals surface area contributed by atoms with Crippen molar-refractivity contribution < 1.29 is 14.2 Å². The van der Waals surface area contributed by atoms with Crippen molar-refractivity contribution in [3.8, 4) is 23.3 Å². The van der Waals surface area contributed by atoms with Gasteiger partial charge in [-0.2, -0.15) is 5.26 Å². The monoisotopic (exact) mass is 307 g/mol. The number of benzene rings is 2. The lowest BCUT2D eigenvalue weighted by Gasteiger charge is -2.09. The Balaban J connectivity index is 1.98. The first kappa shape index (κ1) is 15.0. The largest absolute Gasteiger partial charge is 0.493 e. The predicted molar refractivity (Wildman–Crippen MR) is 88.7 cm³/mol. The second-order valence-electron chi connectivity index (χ2n) is 5.21. The summed E-state index contributed by atoms with van der Waals surface area (Å²) in [5.74, 6) is 2.18. The molecule has 3 rings (SSSR count). The van der Waals surface area contributed by atoms with Gasteiger partial charge in [-0.15, -0.1) is 0 Å². The molecule has 0 fully saturated rings. The Morgan fingerprint density at radius 1 is 1.13 bits per heavy atom. The maximum absolute atomic E-state index is 9.51. The summed E-state index contributed by atoms with van der Waals surface area (Å²) in [6, 6.07) is 13.7. The van der Waals surface area contributed by atoms with Crippen LogP contribution in [0.25, 0.3) is 11.6 Å². The maximum atomic E-state index is 9.51. The van der Waals surface area contributed by atoms with E-state index in [1.165, 1.54) is 5.56 Å². The van der Waals surface area contributed by atoms with Crippen molar-refractivity contribution in [1.82, 2.24) is 0 Å². The van der Waals surface area contributed by atoms with Gasteiger partial charge in [0.15, 0.2) is 11.5 Å². The molecule has 0 aliphatic carbocycles. The van der Waals surface area contributed by atoms with Crippen molar-refractivity contribution in [2.45, 2.75) is 6.42 Å². The predicted octanol–water partition coefficient (Wildman–Crippen LogP) is 3.70. The molecule has 23 heavy (non-hydrogen) atoms. The van der Waals surface area contributed by atoms with E-state index >= 15 is 0 Å². The third-order valence-corrected chi connectivity index (χ3v) is 3.84. The minimum absolute atomic E-state index is 0.574. The Labute approximate surface area is 135 Å². The Bertz CT molecular complexity index is 803. The number of rotatable bonds is 4. The summed E-state index contributed by atoms with van der Waals surface area (Å²) < 4.78 is 16.0. The van der Waals surface area contributed by atoms with E-state index in [0.717, 1.165) is 29.9 Å². The molecule has 0 saturated heterocycles. The normalized spacial score (nSPS) is 13.0. The molecule has 0 N–H and O–H groups in total. The molecule has 0 atom stereocenters. The van der Waals surface area contributed by atoms with E-state index in [1.807, 2.05) is 30.3 Å². The third-order valence-electron chi connectivity index (χ3n) is 3.84. The number of allylic oxidation sites excluding steroid dienone is 1. The Morgan fingerprint density at radius 3 is 2.70 bits per heavy atom. The molecule has 0 radical (unpaired) electrons. The molecule has 4 nitrogen and oxygen atoms in total. The average molecular weight is 307 g/mol. The highest BCUT2D eigenvalue weighted by molar-refractivity contribution is 5.90. The summed E-state index contributed by atoms with van der Waals surface area (Å²) in [6.07, 6.45) is 2.79. The molecular formula is C19H17NO3. The van der Waals surface area contributed by atoms with E-state index in [4.69, 9.17) is 14.2 Å². The lowest BCUT2D eigenvalue weighted by molar-refractivity contribution is 0.355. The second kappa shape index (κ2) is 6.45. The van der Waals surface area contributed by atoms with Gasteiger partial charge in [0.05, 0.1) is 32.5 Å². The molecule has 1 heterocycles. The molecule has 0 bridgehead atoms. The first-order chi connectivity index (χ1) is 11.2. The van der Waals surface area contributed by atoms with Gasteiger partial charge in [-0.25, -0.2) is 0 Å². The number of hydrogen-bond donors (Lipinski definition) is 0. The zero-order chi connectivity index (χ0) is 16.2. The van der Waals surface area contributed by atoms with E-state index in [0.29, 0.717) is 17.1 Å². The smallest absolute Gasteiger partial charge is 0.161 e. The molecule has 0 saturated carbocycles. The first-order valence-corrected chi connectivity index (χ1v) is 7.35. The van der Waals surface area contributed by atoms with Crippen molar-refractivity contribution in [3.05, 3.63) is 53.1 Å². The average Bonchev–Trinajstić information content (AvgIpc) is 3.06. The van der Waals surface area contributed by atoms with Gasteiger partial charge in [-0.1, -0.05) is 6.07 Å². The van der Waals surface area contributed by atoms with Crippen molar-refractivity contribution in [2.24, 2.45) is 0 Å². The van der Waals surface area contributed by atoms with E-state index in [9.17, 15) is 5.26 Å². The third kappa shape index (κ3) is 3.00. The van der Waals surface area contributed by atoms with E-state index in [-0.39, 0.29) is 0 Å². The topological polar surface area (TPSA) is 51.5 Å². The van der Waals surface area contributed by atoms with Gasteiger partial charge in [0.2, 0.25) is 0 Å². The number of ether oxygens (including phenoxy) is 3. The minimum Gasteiger partial charge on any atom is -0.493 e. The fourth-order valence-electron chi connectivity index (χ4n) is 2.65. The molecule has 2 aromatic rings. The lowest BCUT2D eigenvalue weighted by Crippen LogP contribution is -1.92. The van der Waals surface area contributed by atoms with Crippen LogP contribution in [0.1, 0.15) is 16.7 Å². The molecule has 2 aromatic carbocycles. The summed E-state index contributed by atoms with van der Waals surface area (Å²) >= 11 is 0. The number of nitrogens with zero attached hydrogens (tertiary/aromatic N) is 1. The van der Waals surface area contributed by atoms with E-state index < -0.39 is 0 Å². The molecule has 0 unspecified atom stereocenters. The summed E-state index contributed by atoms with van der Waals surface area (Å²) in [4.78, 5) is 0. The zero-order valence-corrected chi connectivity index (χ0v) is 13.1. The molecule has 0 aromatic heterocycles. The molecule has 1 aliphatic rings. The van der Waals surface area contributed by atoms with Gasteiger partial charge in [0.25, 0.3) is 0 Å². The Kier molecular flexibility index (Phi) is 4.20. The molecule has 116 valence electrons. The van der Waals surface area contributed by atoms with Crippen molar-refractivity contribution >= 4 is 11.6 Å². The van der Waals surface area contributed by atoms with Crippen LogP contribution in [0.2, 0.25) is 0 Å². The van der Waals surface area contributed by atoms with Gasteiger partial charge < -0.3 is 14.2 Å². The van der Waals surface area contributed by atoms with Crippen LogP contribution < -0.4 is 14.2 Å². The van der Waals surface area contributed by atoms with Crippen LogP contribution in [0.15, 0.2) is 36.4 Å². The van der Waals surface area contributed by atoms with Crippen LogP contribution in [0.5, 0.6) is 17.2 Å². The van der Waals surface area contributed by atoms with Crippen molar-refractivity contribution in [1.29, 1.82) is 5.26 Å². The zero-order valence-electron chi connectivity index (χ0n) is 13.1. The second-order valence-corrected chi connectivity index (χ2v) is 5.21. The van der Waals surface area contributed by atoms with Gasteiger partial charge in [0, 0.05) is 6.42 Å². The molecule has 0 spiro atoms. The fraction of sp³-hybridized carbons (Fsp3) is 0.211. The quantitative estimate of drug-likeness (QED) is 0.638. The van der Waals surface area contributed by atoms with Crippen LogP contribution in [0, 0.1) is 11.3 Å². The van der Waals surface area contributed by atoms with Crippen molar-refractivity contribution in [2.75, 3.05) is 20.8 Å². The molecule has 1 aliphatic heterocycles. The maximum Gasteiger partial charge on any atom is 0.161 e. The number of fused-ring (bicyclic) bond motifs is 1. The lowest BCUT2D eigenvalue weighted by atomic mass is 10.0. The van der Waals surface area contributed by atoms with Crippen LogP contribution >= 0.6 is 0 Å².